The molecule has 0 saturated heterocycles. The zero-order valence-corrected chi connectivity index (χ0v) is 6.15. The Bertz CT molecular complexity index is 179. The molecule has 3 heteroatoms. The van der Waals surface area contributed by atoms with Crippen molar-refractivity contribution in [2.75, 3.05) is 0 Å². The summed E-state index contributed by atoms with van der Waals surface area (Å²) in [5.74, 6) is 0. The molecule has 0 fully saturated rings. The molecule has 3 nitrogen and oxygen atoms in total. The fourth-order valence-corrected chi connectivity index (χ4v) is 0.472. The molecule has 0 heterocycles. The van der Waals surface area contributed by atoms with E-state index in [-0.39, 0.29) is 0 Å². The van der Waals surface area contributed by atoms with Gasteiger partial charge in [0.05, 0.1) is 5.70 Å². The Labute approximate surface area is 61.1 Å². The maximum Gasteiger partial charge on any atom is 0.0734 e. The van der Waals surface area contributed by atoms with Gasteiger partial charge in [0, 0.05) is 11.4 Å². The maximum absolute atomic E-state index is 5.49. The van der Waals surface area contributed by atoms with Crippen molar-refractivity contribution >= 4 is 0 Å². The van der Waals surface area contributed by atoms with Gasteiger partial charge in [-0.1, -0.05) is 13.2 Å². The number of hydrogen-bond acceptors (Lipinski definition) is 3. The first kappa shape index (κ1) is 8.62. The summed E-state index contributed by atoms with van der Waals surface area (Å²) in [4.78, 5) is 0. The molecule has 0 aliphatic rings. The predicted molar refractivity (Wildman–Crippen MR) is 43.5 cm³/mol. The standard InChI is InChI=1S/C7H13N3/c1-4-10-6(3)7(9)5(2)8/h4,10H,1-2,8-9H2,3H3/b7-6-. The van der Waals surface area contributed by atoms with Crippen molar-refractivity contribution in [3.8, 4) is 0 Å². The molecule has 0 aliphatic carbocycles. The summed E-state index contributed by atoms with van der Waals surface area (Å²) in [5.41, 5.74) is 12.4. The first-order valence-corrected chi connectivity index (χ1v) is 2.88. The quantitative estimate of drug-likeness (QED) is 0.495. The van der Waals surface area contributed by atoms with E-state index in [9.17, 15) is 0 Å². The average Bonchev–Trinajstić information content (AvgIpc) is 1.87. The van der Waals surface area contributed by atoms with Gasteiger partial charge in [0.15, 0.2) is 0 Å². The van der Waals surface area contributed by atoms with Crippen molar-refractivity contribution in [1.82, 2.24) is 5.32 Å². The van der Waals surface area contributed by atoms with E-state index >= 15 is 0 Å². The first-order chi connectivity index (χ1) is 4.59. The molecule has 0 spiro atoms. The van der Waals surface area contributed by atoms with Crippen LogP contribution in [0.1, 0.15) is 6.92 Å². The summed E-state index contributed by atoms with van der Waals surface area (Å²) in [6.07, 6.45) is 1.53. The molecule has 0 amide bonds. The molecule has 10 heavy (non-hydrogen) atoms. The van der Waals surface area contributed by atoms with E-state index < -0.39 is 0 Å². The maximum atomic E-state index is 5.49. The summed E-state index contributed by atoms with van der Waals surface area (Å²) >= 11 is 0. The summed E-state index contributed by atoms with van der Waals surface area (Å²) in [5, 5.41) is 2.80. The van der Waals surface area contributed by atoms with Gasteiger partial charge >= 0.3 is 0 Å². The van der Waals surface area contributed by atoms with Crippen molar-refractivity contribution in [3.63, 3.8) is 0 Å². The average molecular weight is 139 g/mol. The fraction of sp³-hybridized carbons (Fsp3) is 0.143. The van der Waals surface area contributed by atoms with Crippen LogP contribution in [0.3, 0.4) is 0 Å². The van der Waals surface area contributed by atoms with Crippen LogP contribution in [0.2, 0.25) is 0 Å². The number of rotatable bonds is 3. The van der Waals surface area contributed by atoms with Gasteiger partial charge in [-0.25, -0.2) is 0 Å². The molecule has 0 bridgehead atoms. The van der Waals surface area contributed by atoms with E-state index in [4.69, 9.17) is 11.5 Å². The minimum absolute atomic E-state index is 0.367. The van der Waals surface area contributed by atoms with Gasteiger partial charge in [-0.2, -0.15) is 0 Å². The lowest BCUT2D eigenvalue weighted by molar-refractivity contribution is 1.01. The van der Waals surface area contributed by atoms with Crippen LogP contribution >= 0.6 is 0 Å². The Morgan fingerprint density at radius 3 is 2.30 bits per heavy atom. The third kappa shape index (κ3) is 2.26. The highest BCUT2D eigenvalue weighted by Gasteiger charge is 1.95. The number of nitrogens with two attached hydrogens (primary N) is 2. The minimum atomic E-state index is 0.367. The minimum Gasteiger partial charge on any atom is -0.397 e. The van der Waals surface area contributed by atoms with Crippen LogP contribution < -0.4 is 16.8 Å². The number of hydrogen-bond donors (Lipinski definition) is 3. The summed E-state index contributed by atoms with van der Waals surface area (Å²) in [6.45, 7) is 8.75. The van der Waals surface area contributed by atoms with Crippen molar-refractivity contribution in [2.45, 2.75) is 6.92 Å². The van der Waals surface area contributed by atoms with Gasteiger partial charge in [-0.05, 0) is 13.1 Å². The fourth-order valence-electron chi connectivity index (χ4n) is 0.472. The molecule has 5 N–H and O–H groups in total. The van der Waals surface area contributed by atoms with Crippen molar-refractivity contribution in [1.29, 1.82) is 0 Å². The zero-order valence-electron chi connectivity index (χ0n) is 6.15. The molecule has 0 saturated carbocycles. The van der Waals surface area contributed by atoms with E-state index in [1.54, 1.807) is 6.92 Å². The Hall–Kier alpha value is -1.38. The van der Waals surface area contributed by atoms with E-state index in [1.807, 2.05) is 0 Å². The Morgan fingerprint density at radius 2 is 2.00 bits per heavy atom. The van der Waals surface area contributed by atoms with Gasteiger partial charge in [-0.15, -0.1) is 0 Å². The van der Waals surface area contributed by atoms with E-state index in [0.717, 1.165) is 5.70 Å². The lowest BCUT2D eigenvalue weighted by atomic mass is 10.3. The smallest absolute Gasteiger partial charge is 0.0734 e. The Balaban J connectivity index is 4.33. The molecule has 0 aromatic heterocycles. The van der Waals surface area contributed by atoms with E-state index in [1.165, 1.54) is 6.20 Å². The normalized spacial score (nSPS) is 11.7. The van der Waals surface area contributed by atoms with Crippen LogP contribution in [0.25, 0.3) is 0 Å². The predicted octanol–water partition coefficient (Wildman–Crippen LogP) is 0.382. The highest BCUT2D eigenvalue weighted by atomic mass is 14.9. The topological polar surface area (TPSA) is 64.1 Å². The van der Waals surface area contributed by atoms with Gasteiger partial charge < -0.3 is 16.8 Å². The van der Waals surface area contributed by atoms with Crippen LogP contribution in [0.15, 0.2) is 36.4 Å². The van der Waals surface area contributed by atoms with Crippen molar-refractivity contribution < 1.29 is 0 Å². The lowest BCUT2D eigenvalue weighted by Crippen LogP contribution is -2.15. The van der Waals surface area contributed by atoms with E-state index in [0.29, 0.717) is 11.4 Å². The second kappa shape index (κ2) is 3.61. The van der Waals surface area contributed by atoms with Crippen molar-refractivity contribution in [3.05, 3.63) is 36.4 Å². The highest BCUT2D eigenvalue weighted by Crippen LogP contribution is 1.97. The summed E-state index contributed by atoms with van der Waals surface area (Å²) in [7, 11) is 0. The van der Waals surface area contributed by atoms with Gasteiger partial charge in [0.2, 0.25) is 0 Å². The van der Waals surface area contributed by atoms with Crippen LogP contribution in [-0.2, 0) is 0 Å². The zero-order chi connectivity index (χ0) is 8.15. The van der Waals surface area contributed by atoms with E-state index in [2.05, 4.69) is 18.5 Å². The molecule has 0 aliphatic heterocycles. The molecule has 0 radical (unpaired) electrons. The monoisotopic (exact) mass is 139 g/mol. The summed E-state index contributed by atoms with van der Waals surface area (Å²) < 4.78 is 0. The molecular weight excluding hydrogens is 126 g/mol. The van der Waals surface area contributed by atoms with Crippen LogP contribution in [0.4, 0.5) is 0 Å². The van der Waals surface area contributed by atoms with Crippen molar-refractivity contribution in [2.24, 2.45) is 11.5 Å². The Kier molecular flexibility index (Phi) is 3.11. The third-order valence-electron chi connectivity index (χ3n) is 1.07. The van der Waals surface area contributed by atoms with Crippen LogP contribution in [-0.4, -0.2) is 0 Å². The third-order valence-corrected chi connectivity index (χ3v) is 1.07. The molecule has 56 valence electrons. The Morgan fingerprint density at radius 1 is 1.50 bits per heavy atom. The number of allylic oxidation sites excluding steroid dienone is 1. The molecular formula is C7H13N3. The second-order valence-corrected chi connectivity index (χ2v) is 1.91. The molecule has 0 rings (SSSR count). The second-order valence-electron chi connectivity index (χ2n) is 1.91. The largest absolute Gasteiger partial charge is 0.397 e. The molecule has 0 unspecified atom stereocenters. The van der Waals surface area contributed by atoms with Gasteiger partial charge in [0.25, 0.3) is 0 Å². The van der Waals surface area contributed by atoms with Crippen LogP contribution in [0, 0.1) is 0 Å². The lowest BCUT2D eigenvalue weighted by Gasteiger charge is -2.05. The van der Waals surface area contributed by atoms with Crippen LogP contribution in [0.5, 0.6) is 0 Å². The number of nitrogens with one attached hydrogen (secondary N) is 1. The van der Waals surface area contributed by atoms with Gasteiger partial charge in [-0.3, -0.25) is 0 Å². The summed E-state index contributed by atoms with van der Waals surface area (Å²) in [6, 6.07) is 0. The molecule has 0 atom stereocenters. The molecule has 0 aromatic carbocycles. The van der Waals surface area contributed by atoms with Gasteiger partial charge in [0.1, 0.15) is 0 Å². The first-order valence-electron chi connectivity index (χ1n) is 2.88. The highest BCUT2D eigenvalue weighted by molar-refractivity contribution is 5.26. The SMILES string of the molecule is C=CN/C(C)=C(\N)C(=C)N. The molecule has 0 aromatic rings.